The SMILES string of the molecule is [2H]C([2H])(C)O[C@@H]1CC(CO)N(C(=O)c2cc(OC)c3oc(CC(C)c4cc(Cl)ccn4)nc3c2)C1. The average molecular weight is 476 g/mol. The first-order valence-corrected chi connectivity index (χ1v) is 11.1. The van der Waals surface area contributed by atoms with Crippen molar-refractivity contribution in [3.05, 3.63) is 52.6 Å². The quantitative estimate of drug-likeness (QED) is 0.528. The number of ether oxygens (including phenoxy) is 2. The number of methoxy groups -OCH3 is 1. The molecule has 3 atom stereocenters. The van der Waals surface area contributed by atoms with E-state index in [1.54, 1.807) is 30.5 Å². The Kier molecular flexibility index (Phi) is 6.38. The van der Waals surface area contributed by atoms with Gasteiger partial charge in [0.05, 0.1) is 28.6 Å². The van der Waals surface area contributed by atoms with Crippen molar-refractivity contribution in [1.82, 2.24) is 14.9 Å². The third kappa shape index (κ3) is 4.98. The number of aliphatic hydroxyl groups excluding tert-OH is 1. The molecule has 0 radical (unpaired) electrons. The number of benzene rings is 1. The molecule has 1 aliphatic heterocycles. The largest absolute Gasteiger partial charge is 0.493 e. The molecule has 3 aromatic rings. The summed E-state index contributed by atoms with van der Waals surface area (Å²) in [5, 5.41) is 10.4. The standard InChI is InChI=1S/C24H28ClN3O5/c1-4-32-18-11-17(13-29)28(12-18)24(30)15-8-20-23(21(9-15)31-3)33-22(27-20)7-14(2)19-10-16(25)5-6-26-19/h5-6,8-10,14,17-18,29H,4,7,11-13H2,1-3H3/t14?,17?,18-/m1/s1/i4D2. The van der Waals surface area contributed by atoms with Crippen molar-refractivity contribution in [3.8, 4) is 5.75 Å². The lowest BCUT2D eigenvalue weighted by atomic mass is 10.0. The molecule has 1 saturated heterocycles. The molecule has 3 heterocycles. The smallest absolute Gasteiger partial charge is 0.254 e. The topological polar surface area (TPSA) is 97.9 Å². The van der Waals surface area contributed by atoms with E-state index in [2.05, 4.69) is 9.97 Å². The zero-order valence-corrected chi connectivity index (χ0v) is 19.5. The number of carbonyl (C=O) groups is 1. The predicted molar refractivity (Wildman–Crippen MR) is 124 cm³/mol. The van der Waals surface area contributed by atoms with Gasteiger partial charge < -0.3 is 23.9 Å². The summed E-state index contributed by atoms with van der Waals surface area (Å²) in [5.41, 5.74) is 2.06. The van der Waals surface area contributed by atoms with E-state index in [0.29, 0.717) is 46.2 Å². The van der Waals surface area contributed by atoms with E-state index in [1.807, 2.05) is 6.92 Å². The Bertz CT molecular complexity index is 1220. The summed E-state index contributed by atoms with van der Waals surface area (Å²) >= 11 is 6.08. The van der Waals surface area contributed by atoms with E-state index >= 15 is 0 Å². The van der Waals surface area contributed by atoms with Crippen LogP contribution in [0.1, 0.15) is 50.9 Å². The van der Waals surface area contributed by atoms with Gasteiger partial charge >= 0.3 is 0 Å². The summed E-state index contributed by atoms with van der Waals surface area (Å²) in [6, 6.07) is 6.27. The highest BCUT2D eigenvalue weighted by Gasteiger charge is 2.36. The molecule has 1 amide bonds. The highest BCUT2D eigenvalue weighted by molar-refractivity contribution is 6.30. The number of rotatable bonds is 8. The molecule has 8 nitrogen and oxygen atoms in total. The molecule has 2 aromatic heterocycles. The maximum atomic E-state index is 13.4. The third-order valence-electron chi connectivity index (χ3n) is 5.83. The Morgan fingerprint density at radius 1 is 1.45 bits per heavy atom. The van der Waals surface area contributed by atoms with Gasteiger partial charge in [0.2, 0.25) is 0 Å². The van der Waals surface area contributed by atoms with Gasteiger partial charge in [-0.05, 0) is 37.6 Å². The van der Waals surface area contributed by atoms with Crippen molar-refractivity contribution in [2.24, 2.45) is 0 Å². The minimum Gasteiger partial charge on any atom is -0.493 e. The molecule has 1 aromatic carbocycles. The number of carbonyl (C=O) groups excluding carboxylic acids is 1. The van der Waals surface area contributed by atoms with Crippen LogP contribution in [0.3, 0.4) is 0 Å². The number of aliphatic hydroxyl groups is 1. The third-order valence-corrected chi connectivity index (χ3v) is 6.06. The van der Waals surface area contributed by atoms with Crippen LogP contribution in [0.2, 0.25) is 5.02 Å². The minimum atomic E-state index is -1.83. The van der Waals surface area contributed by atoms with Crippen molar-refractivity contribution < 1.29 is 26.5 Å². The highest BCUT2D eigenvalue weighted by Crippen LogP contribution is 2.32. The fourth-order valence-electron chi connectivity index (χ4n) is 4.18. The number of oxazole rings is 1. The average Bonchev–Trinajstić information content (AvgIpc) is 3.39. The summed E-state index contributed by atoms with van der Waals surface area (Å²) in [4.78, 5) is 23.8. The van der Waals surface area contributed by atoms with Gasteiger partial charge in [-0.25, -0.2) is 4.98 Å². The van der Waals surface area contributed by atoms with E-state index in [9.17, 15) is 9.90 Å². The predicted octanol–water partition coefficient (Wildman–Crippen LogP) is 3.84. The number of aromatic nitrogens is 2. The Balaban J connectivity index is 1.58. The van der Waals surface area contributed by atoms with Gasteiger partial charge in [-0.15, -0.1) is 0 Å². The Hall–Kier alpha value is -2.68. The van der Waals surface area contributed by atoms with Crippen LogP contribution in [0.4, 0.5) is 0 Å². The summed E-state index contributed by atoms with van der Waals surface area (Å²) < 4.78 is 32.2. The van der Waals surface area contributed by atoms with Crippen LogP contribution in [0.15, 0.2) is 34.9 Å². The second-order valence-electron chi connectivity index (χ2n) is 8.11. The van der Waals surface area contributed by atoms with Crippen LogP contribution in [0.5, 0.6) is 5.75 Å². The lowest BCUT2D eigenvalue weighted by molar-refractivity contribution is 0.0579. The van der Waals surface area contributed by atoms with Crippen LogP contribution < -0.4 is 4.74 Å². The van der Waals surface area contributed by atoms with Crippen LogP contribution in [0, 0.1) is 0 Å². The van der Waals surface area contributed by atoms with E-state index < -0.39 is 18.7 Å². The van der Waals surface area contributed by atoms with E-state index in [0.717, 1.165) is 5.69 Å². The molecule has 33 heavy (non-hydrogen) atoms. The number of likely N-dealkylation sites (tertiary alicyclic amines) is 1. The summed E-state index contributed by atoms with van der Waals surface area (Å²) in [6.07, 6.45) is 1.97. The molecular weight excluding hydrogens is 446 g/mol. The zero-order chi connectivity index (χ0) is 25.3. The number of nitrogens with zero attached hydrogens (tertiary/aromatic N) is 3. The second-order valence-corrected chi connectivity index (χ2v) is 8.55. The Morgan fingerprint density at radius 3 is 2.97 bits per heavy atom. The van der Waals surface area contributed by atoms with E-state index in [4.69, 9.17) is 28.2 Å². The number of amides is 1. The van der Waals surface area contributed by atoms with Gasteiger partial charge in [-0.1, -0.05) is 18.5 Å². The van der Waals surface area contributed by atoms with Gasteiger partial charge in [0.15, 0.2) is 17.2 Å². The van der Waals surface area contributed by atoms with Crippen molar-refractivity contribution in [2.75, 3.05) is 26.8 Å². The van der Waals surface area contributed by atoms with Crippen molar-refractivity contribution in [3.63, 3.8) is 0 Å². The maximum Gasteiger partial charge on any atom is 0.254 e. The number of pyridine rings is 1. The number of hydrogen-bond acceptors (Lipinski definition) is 7. The summed E-state index contributed by atoms with van der Waals surface area (Å²) in [5.74, 6) is 0.523. The lowest BCUT2D eigenvalue weighted by Gasteiger charge is -2.23. The van der Waals surface area contributed by atoms with Crippen molar-refractivity contribution >= 4 is 28.6 Å². The van der Waals surface area contributed by atoms with Gasteiger partial charge in [-0.3, -0.25) is 9.78 Å². The van der Waals surface area contributed by atoms with Crippen molar-refractivity contribution in [2.45, 2.75) is 44.8 Å². The normalized spacial score (nSPS) is 20.6. The van der Waals surface area contributed by atoms with Gasteiger partial charge in [0, 0.05) is 47.9 Å². The number of hydrogen-bond donors (Lipinski definition) is 1. The van der Waals surface area contributed by atoms with Gasteiger partial charge in [0.25, 0.3) is 5.91 Å². The second kappa shape index (κ2) is 10.1. The Morgan fingerprint density at radius 2 is 2.27 bits per heavy atom. The molecule has 0 bridgehead atoms. The number of fused-ring (bicyclic) bond motifs is 1. The number of halogens is 1. The zero-order valence-electron chi connectivity index (χ0n) is 20.7. The minimum absolute atomic E-state index is 0.000426. The van der Waals surface area contributed by atoms with Crippen LogP contribution in [-0.2, 0) is 11.2 Å². The fourth-order valence-corrected chi connectivity index (χ4v) is 4.35. The molecule has 0 spiro atoms. The highest BCUT2D eigenvalue weighted by atomic mass is 35.5. The van der Waals surface area contributed by atoms with Crippen LogP contribution >= 0.6 is 11.6 Å². The van der Waals surface area contributed by atoms with Gasteiger partial charge in [0.1, 0.15) is 5.52 Å². The molecule has 0 saturated carbocycles. The van der Waals surface area contributed by atoms with Crippen molar-refractivity contribution in [1.29, 1.82) is 0 Å². The fraction of sp³-hybridized carbons (Fsp3) is 0.458. The summed E-state index contributed by atoms with van der Waals surface area (Å²) in [6.45, 7) is 1.41. The first-order valence-electron chi connectivity index (χ1n) is 11.8. The molecule has 2 unspecified atom stereocenters. The lowest BCUT2D eigenvalue weighted by Crippen LogP contribution is -2.38. The monoisotopic (exact) mass is 475 g/mol. The van der Waals surface area contributed by atoms with Gasteiger partial charge in [-0.2, -0.15) is 0 Å². The summed E-state index contributed by atoms with van der Waals surface area (Å²) in [7, 11) is 1.49. The molecule has 1 aliphatic rings. The maximum absolute atomic E-state index is 13.4. The first-order chi connectivity index (χ1) is 16.6. The Labute approximate surface area is 200 Å². The van der Waals surface area contributed by atoms with E-state index in [-0.39, 0.29) is 25.0 Å². The molecule has 1 N–H and O–H groups in total. The van der Waals surface area contributed by atoms with Crippen LogP contribution in [-0.4, -0.2) is 64.8 Å². The first kappa shape index (κ1) is 20.9. The molecule has 9 heteroatoms. The molecule has 1 fully saturated rings. The molecule has 4 rings (SSSR count). The molecule has 176 valence electrons. The molecular formula is C24H28ClN3O5. The molecule has 0 aliphatic carbocycles. The van der Waals surface area contributed by atoms with E-state index in [1.165, 1.54) is 18.9 Å². The van der Waals surface area contributed by atoms with Crippen LogP contribution in [0.25, 0.3) is 11.1 Å².